The lowest BCUT2D eigenvalue weighted by Crippen LogP contribution is -2.47. The van der Waals surface area contributed by atoms with Crippen molar-refractivity contribution in [3.63, 3.8) is 0 Å². The Kier molecular flexibility index (Phi) is 9.11. The van der Waals surface area contributed by atoms with Crippen LogP contribution in [0.4, 0.5) is 13.2 Å². The van der Waals surface area contributed by atoms with Gasteiger partial charge in [-0.1, -0.05) is 38.4 Å². The number of pyridine rings is 1. The molecule has 3 aliphatic rings. The molecular weight excluding hydrogens is 637 g/mol. The lowest BCUT2D eigenvalue weighted by Gasteiger charge is -2.39. The topological polar surface area (TPSA) is 135 Å². The molecular formula is C28H36ClF3N6O6Si. The first-order valence-electron chi connectivity index (χ1n) is 14.3. The fraction of sp³-hybridized carbons (Fsp3) is 0.571. The number of imidazole rings is 1. The van der Waals surface area contributed by atoms with Crippen molar-refractivity contribution < 1.29 is 41.7 Å². The number of aliphatic carboxylic acids is 1. The second-order valence-electron chi connectivity index (χ2n) is 12.6. The third-order valence-electron chi connectivity index (χ3n) is 8.37. The van der Waals surface area contributed by atoms with E-state index in [0.29, 0.717) is 42.3 Å². The highest BCUT2D eigenvalue weighted by Gasteiger charge is 2.52. The van der Waals surface area contributed by atoms with Crippen LogP contribution in [0.5, 0.6) is 6.01 Å². The summed E-state index contributed by atoms with van der Waals surface area (Å²) in [4.78, 5) is 18.4. The Balaban J connectivity index is 0.000000515. The van der Waals surface area contributed by atoms with Gasteiger partial charge in [-0.15, -0.1) is 6.58 Å². The Hall–Kier alpha value is -3.02. The van der Waals surface area contributed by atoms with Gasteiger partial charge in [0.05, 0.1) is 35.6 Å². The molecule has 0 aromatic carbocycles. The third kappa shape index (κ3) is 6.76. The zero-order valence-corrected chi connectivity index (χ0v) is 27.3. The van der Waals surface area contributed by atoms with Gasteiger partial charge in [0.15, 0.2) is 25.9 Å². The molecule has 246 valence electrons. The predicted octanol–water partition coefficient (Wildman–Crippen LogP) is 4.63. The molecule has 17 heteroatoms. The van der Waals surface area contributed by atoms with Crippen LogP contribution in [-0.4, -0.2) is 87.5 Å². The quantitative estimate of drug-likeness (QED) is 0.270. The van der Waals surface area contributed by atoms with Crippen LogP contribution in [0.25, 0.3) is 17.0 Å². The molecule has 0 radical (unpaired) electrons. The number of aromatic nitrogens is 5. The molecule has 0 amide bonds. The summed E-state index contributed by atoms with van der Waals surface area (Å²) in [6, 6.07) is 2.29. The van der Waals surface area contributed by atoms with Gasteiger partial charge in [0.25, 0.3) is 6.01 Å². The van der Waals surface area contributed by atoms with E-state index in [4.69, 9.17) is 50.1 Å². The number of carboxylic acids is 1. The number of nitrogens with one attached hydrogen (secondary N) is 1. The van der Waals surface area contributed by atoms with Crippen LogP contribution in [0.3, 0.4) is 0 Å². The van der Waals surface area contributed by atoms with Crippen LogP contribution < -0.4 is 10.1 Å². The standard InChI is InChI=1S/C26H35ClN6O4Si.C2HF3O2/c1-7-8-32-18-9-16(27)24(33-12-15-10-28-11-17(15)31-33)29-23(18)30-25(32)36-19-13-34-22-20(14-35-21(19)22)37-38(5,6)26(2,3)4;3-2(4,5)1(6)7/h7,9,12,19-22,28H,1,8,10-11,13-14H2,2-6H3;(H,6,7)/t19-,20-,21-,22-;/m1./s1. The van der Waals surface area contributed by atoms with Gasteiger partial charge in [-0.2, -0.15) is 23.3 Å². The van der Waals surface area contributed by atoms with Crippen molar-refractivity contribution >= 4 is 37.1 Å². The number of hydrogen-bond donors (Lipinski definition) is 2. The van der Waals surface area contributed by atoms with Crippen molar-refractivity contribution in [3.05, 3.63) is 41.2 Å². The van der Waals surface area contributed by atoms with Crippen LogP contribution in [-0.2, 0) is 38.3 Å². The minimum atomic E-state index is -5.08. The monoisotopic (exact) mass is 672 g/mol. The second kappa shape index (κ2) is 12.3. The molecule has 3 aliphatic heterocycles. The normalized spacial score (nSPS) is 23.0. The van der Waals surface area contributed by atoms with Crippen LogP contribution in [0.2, 0.25) is 23.2 Å². The molecule has 0 bridgehead atoms. The molecule has 2 fully saturated rings. The first kappa shape index (κ1) is 33.3. The van der Waals surface area contributed by atoms with E-state index in [1.54, 1.807) is 10.8 Å². The van der Waals surface area contributed by atoms with E-state index in [9.17, 15) is 13.2 Å². The Labute approximate surface area is 263 Å². The lowest BCUT2D eigenvalue weighted by molar-refractivity contribution is -0.192. The maximum absolute atomic E-state index is 10.6. The van der Waals surface area contributed by atoms with Crippen molar-refractivity contribution in [1.82, 2.24) is 29.6 Å². The van der Waals surface area contributed by atoms with Gasteiger partial charge in [-0.05, 0) is 24.2 Å². The molecule has 4 atom stereocenters. The highest BCUT2D eigenvalue weighted by atomic mass is 35.5. The van der Waals surface area contributed by atoms with Crippen molar-refractivity contribution in [3.8, 4) is 11.8 Å². The van der Waals surface area contributed by atoms with Crippen molar-refractivity contribution in [2.45, 2.75) is 89.1 Å². The molecule has 0 saturated carbocycles. The van der Waals surface area contributed by atoms with Crippen LogP contribution >= 0.6 is 11.6 Å². The molecule has 0 unspecified atom stereocenters. The molecule has 2 N–H and O–H groups in total. The average Bonchev–Trinajstić information content (AvgIpc) is 3.73. The number of allylic oxidation sites excluding steroid dienone is 1. The number of carboxylic acid groups (broad SMARTS) is 1. The molecule has 3 aromatic heterocycles. The average molecular weight is 673 g/mol. The summed E-state index contributed by atoms with van der Waals surface area (Å²) in [6.07, 6.45) is -2.14. The first-order valence-corrected chi connectivity index (χ1v) is 17.6. The zero-order valence-electron chi connectivity index (χ0n) is 25.5. The molecule has 6 heterocycles. The number of fused-ring (bicyclic) bond motifs is 3. The van der Waals surface area contributed by atoms with Gasteiger partial charge in [0.1, 0.15) is 12.2 Å². The molecule has 6 rings (SSSR count). The van der Waals surface area contributed by atoms with Crippen LogP contribution in [0, 0.1) is 0 Å². The molecule has 2 saturated heterocycles. The van der Waals surface area contributed by atoms with E-state index in [-0.39, 0.29) is 29.5 Å². The fourth-order valence-electron chi connectivity index (χ4n) is 5.04. The predicted molar refractivity (Wildman–Crippen MR) is 160 cm³/mol. The molecule has 0 aliphatic carbocycles. The van der Waals surface area contributed by atoms with E-state index in [1.165, 1.54) is 0 Å². The number of alkyl halides is 3. The van der Waals surface area contributed by atoms with E-state index in [2.05, 4.69) is 50.9 Å². The summed E-state index contributed by atoms with van der Waals surface area (Å²) >= 11 is 6.69. The highest BCUT2D eigenvalue weighted by Crippen LogP contribution is 2.41. The number of hydrogen-bond acceptors (Lipinski definition) is 9. The number of halogens is 4. The largest absolute Gasteiger partial charge is 0.490 e. The van der Waals surface area contributed by atoms with Gasteiger partial charge >= 0.3 is 12.1 Å². The SMILES string of the molecule is C=CCn1c(O[C@@H]2CO[C@H]3[C@@H]2OC[C@H]3O[Si](C)(C)C(C)(C)C)nc2nc(-n3cc4c(n3)CNC4)c(Cl)cc21.O=C(O)C(F)(F)F. The third-order valence-corrected chi connectivity index (χ3v) is 13.2. The minimum Gasteiger partial charge on any atom is -0.475 e. The molecule has 0 spiro atoms. The van der Waals surface area contributed by atoms with Crippen molar-refractivity contribution in [2.75, 3.05) is 13.2 Å². The second-order valence-corrected chi connectivity index (χ2v) is 17.7. The summed E-state index contributed by atoms with van der Waals surface area (Å²) < 4.78 is 60.8. The van der Waals surface area contributed by atoms with Gasteiger partial charge < -0.3 is 29.1 Å². The molecule has 12 nitrogen and oxygen atoms in total. The highest BCUT2D eigenvalue weighted by molar-refractivity contribution is 6.74. The summed E-state index contributed by atoms with van der Waals surface area (Å²) in [7, 11) is -1.97. The van der Waals surface area contributed by atoms with Crippen LogP contribution in [0.1, 0.15) is 32.0 Å². The minimum absolute atomic E-state index is 0.101. The van der Waals surface area contributed by atoms with E-state index >= 15 is 0 Å². The van der Waals surface area contributed by atoms with Gasteiger partial charge in [-0.3, -0.25) is 4.57 Å². The van der Waals surface area contributed by atoms with Crippen LogP contribution in [0.15, 0.2) is 24.9 Å². The zero-order chi connectivity index (χ0) is 32.9. The summed E-state index contributed by atoms with van der Waals surface area (Å²) in [5.74, 6) is -2.22. The number of carbonyl (C=O) groups is 1. The van der Waals surface area contributed by atoms with Crippen molar-refractivity contribution in [1.29, 1.82) is 0 Å². The fourth-order valence-corrected chi connectivity index (χ4v) is 6.58. The van der Waals surface area contributed by atoms with Crippen molar-refractivity contribution in [2.24, 2.45) is 0 Å². The summed E-state index contributed by atoms with van der Waals surface area (Å²) in [5, 5.41) is 15.6. The first-order chi connectivity index (χ1) is 21.0. The van der Waals surface area contributed by atoms with Gasteiger partial charge in [0.2, 0.25) is 0 Å². The Morgan fingerprint density at radius 3 is 2.44 bits per heavy atom. The summed E-state index contributed by atoms with van der Waals surface area (Å²) in [5.41, 5.74) is 3.44. The van der Waals surface area contributed by atoms with E-state index in [0.717, 1.165) is 29.9 Å². The van der Waals surface area contributed by atoms with Gasteiger partial charge in [-0.25, -0.2) is 14.5 Å². The number of nitrogens with zero attached hydrogens (tertiary/aromatic N) is 5. The van der Waals surface area contributed by atoms with Gasteiger partial charge in [0, 0.05) is 31.4 Å². The number of rotatable bonds is 7. The number of ether oxygens (including phenoxy) is 3. The summed E-state index contributed by atoms with van der Waals surface area (Å²) in [6.45, 7) is 18.0. The lowest BCUT2D eigenvalue weighted by atomic mass is 10.1. The Bertz CT molecular complexity index is 1570. The maximum Gasteiger partial charge on any atom is 0.490 e. The van der Waals surface area contributed by atoms with E-state index < -0.39 is 20.5 Å². The smallest absolute Gasteiger partial charge is 0.475 e. The Morgan fingerprint density at radius 2 is 1.84 bits per heavy atom. The maximum atomic E-state index is 10.6. The molecule has 3 aromatic rings. The molecule has 45 heavy (non-hydrogen) atoms. The van der Waals surface area contributed by atoms with E-state index in [1.807, 2.05) is 16.8 Å². The Morgan fingerprint density at radius 1 is 1.20 bits per heavy atom.